The molecule has 2 aliphatic carbocycles. The van der Waals surface area contributed by atoms with Crippen molar-refractivity contribution in [1.82, 2.24) is 20.1 Å². The first-order valence-electron chi connectivity index (χ1n) is 7.53. The van der Waals surface area contributed by atoms with Gasteiger partial charge in [-0.15, -0.1) is 10.2 Å². The molecule has 1 aromatic rings. The van der Waals surface area contributed by atoms with Crippen molar-refractivity contribution in [1.29, 1.82) is 0 Å². The van der Waals surface area contributed by atoms with Crippen LogP contribution in [0.3, 0.4) is 0 Å². The number of fused-ring (bicyclic) bond motifs is 3. The van der Waals surface area contributed by atoms with Gasteiger partial charge in [0.2, 0.25) is 0 Å². The van der Waals surface area contributed by atoms with Gasteiger partial charge in [-0.05, 0) is 37.5 Å². The fraction of sp³-hybridized carbons (Fsp3) is 0.857. The van der Waals surface area contributed by atoms with E-state index in [0.29, 0.717) is 12.0 Å². The van der Waals surface area contributed by atoms with Crippen molar-refractivity contribution in [2.24, 2.45) is 11.8 Å². The van der Waals surface area contributed by atoms with Crippen LogP contribution in [-0.2, 0) is 6.54 Å². The zero-order chi connectivity index (χ0) is 12.1. The third kappa shape index (κ3) is 1.48. The van der Waals surface area contributed by atoms with Gasteiger partial charge in [-0.1, -0.05) is 13.3 Å². The molecule has 4 rings (SSSR count). The molecule has 1 N–H and O–H groups in total. The molecule has 2 saturated carbocycles. The van der Waals surface area contributed by atoms with E-state index < -0.39 is 0 Å². The summed E-state index contributed by atoms with van der Waals surface area (Å²) >= 11 is 0. The van der Waals surface area contributed by atoms with E-state index >= 15 is 0 Å². The fourth-order valence-corrected chi connectivity index (χ4v) is 4.42. The molecule has 2 bridgehead atoms. The standard InChI is InChI=1S/C14H22N4/c1-2-12-14-17-16-13(18(14)6-5-15-12)11-8-9-3-4-10(11)7-9/h9-12,15H,2-8H2,1H3. The van der Waals surface area contributed by atoms with Crippen molar-refractivity contribution in [3.05, 3.63) is 11.6 Å². The average molecular weight is 246 g/mol. The quantitative estimate of drug-likeness (QED) is 0.870. The van der Waals surface area contributed by atoms with E-state index in [9.17, 15) is 0 Å². The van der Waals surface area contributed by atoms with Gasteiger partial charge >= 0.3 is 0 Å². The average Bonchev–Trinajstić information content (AvgIpc) is 3.11. The molecule has 98 valence electrons. The highest BCUT2D eigenvalue weighted by Gasteiger charge is 2.43. The molecule has 0 radical (unpaired) electrons. The largest absolute Gasteiger partial charge is 0.312 e. The first kappa shape index (κ1) is 11.0. The van der Waals surface area contributed by atoms with Gasteiger partial charge in [0, 0.05) is 19.0 Å². The van der Waals surface area contributed by atoms with Gasteiger partial charge in [-0.2, -0.15) is 0 Å². The molecule has 3 aliphatic rings. The Morgan fingerprint density at radius 1 is 1.22 bits per heavy atom. The van der Waals surface area contributed by atoms with Gasteiger partial charge in [0.25, 0.3) is 0 Å². The van der Waals surface area contributed by atoms with E-state index in [1.807, 2.05) is 0 Å². The van der Waals surface area contributed by atoms with E-state index in [1.54, 1.807) is 0 Å². The van der Waals surface area contributed by atoms with Crippen molar-refractivity contribution in [2.75, 3.05) is 6.54 Å². The molecule has 0 amide bonds. The Morgan fingerprint density at radius 3 is 2.83 bits per heavy atom. The van der Waals surface area contributed by atoms with Crippen molar-refractivity contribution >= 4 is 0 Å². The number of hydrogen-bond acceptors (Lipinski definition) is 3. The number of aromatic nitrogens is 3. The summed E-state index contributed by atoms with van der Waals surface area (Å²) in [6.07, 6.45) is 6.80. The first-order chi connectivity index (χ1) is 8.86. The van der Waals surface area contributed by atoms with Crippen molar-refractivity contribution < 1.29 is 0 Å². The molecule has 0 spiro atoms. The minimum absolute atomic E-state index is 0.415. The molecule has 4 atom stereocenters. The lowest BCUT2D eigenvalue weighted by molar-refractivity contribution is 0.363. The van der Waals surface area contributed by atoms with E-state index in [4.69, 9.17) is 0 Å². The second-order valence-electron chi connectivity index (χ2n) is 6.26. The van der Waals surface area contributed by atoms with Crippen LogP contribution in [0.5, 0.6) is 0 Å². The Morgan fingerprint density at radius 2 is 2.11 bits per heavy atom. The van der Waals surface area contributed by atoms with E-state index in [-0.39, 0.29) is 0 Å². The highest BCUT2D eigenvalue weighted by molar-refractivity contribution is 5.13. The minimum Gasteiger partial charge on any atom is -0.312 e. The molecule has 4 unspecified atom stereocenters. The van der Waals surface area contributed by atoms with Crippen LogP contribution < -0.4 is 5.32 Å². The second kappa shape index (κ2) is 4.05. The molecule has 2 fully saturated rings. The maximum Gasteiger partial charge on any atom is 0.150 e. The van der Waals surface area contributed by atoms with Gasteiger partial charge in [0.1, 0.15) is 11.6 Å². The topological polar surface area (TPSA) is 42.7 Å². The van der Waals surface area contributed by atoms with E-state index in [2.05, 4.69) is 27.0 Å². The lowest BCUT2D eigenvalue weighted by Crippen LogP contribution is -2.34. The van der Waals surface area contributed by atoms with Gasteiger partial charge < -0.3 is 9.88 Å². The maximum absolute atomic E-state index is 4.57. The van der Waals surface area contributed by atoms with Crippen molar-refractivity contribution in [3.63, 3.8) is 0 Å². The number of hydrogen-bond donors (Lipinski definition) is 1. The summed E-state index contributed by atoms with van der Waals surface area (Å²) in [5.74, 6) is 5.08. The molecule has 2 heterocycles. The Balaban J connectivity index is 1.68. The molecular formula is C14H22N4. The van der Waals surface area contributed by atoms with Crippen LogP contribution in [-0.4, -0.2) is 21.3 Å². The molecule has 18 heavy (non-hydrogen) atoms. The van der Waals surface area contributed by atoms with Gasteiger partial charge in [-0.3, -0.25) is 0 Å². The molecular weight excluding hydrogens is 224 g/mol. The normalized spacial score (nSPS) is 38.1. The zero-order valence-corrected chi connectivity index (χ0v) is 11.1. The fourth-order valence-electron chi connectivity index (χ4n) is 4.42. The highest BCUT2D eigenvalue weighted by atomic mass is 15.3. The van der Waals surface area contributed by atoms with Crippen LogP contribution in [0.25, 0.3) is 0 Å². The Bertz CT molecular complexity index is 453. The summed E-state index contributed by atoms with van der Waals surface area (Å²) in [6.45, 7) is 4.35. The third-order valence-electron chi connectivity index (χ3n) is 5.32. The summed E-state index contributed by atoms with van der Waals surface area (Å²) in [6, 6.07) is 0.415. The predicted molar refractivity (Wildman–Crippen MR) is 69.2 cm³/mol. The SMILES string of the molecule is CCC1NCCn2c1nnc2C1CC2CCC1C2. The van der Waals surface area contributed by atoms with Crippen LogP contribution in [0.4, 0.5) is 0 Å². The Labute approximate surface area is 108 Å². The molecule has 4 heteroatoms. The van der Waals surface area contributed by atoms with Crippen molar-refractivity contribution in [3.8, 4) is 0 Å². The second-order valence-corrected chi connectivity index (χ2v) is 6.26. The maximum atomic E-state index is 4.57. The summed E-state index contributed by atoms with van der Waals surface area (Å²) in [5, 5.41) is 12.6. The molecule has 4 nitrogen and oxygen atoms in total. The lowest BCUT2D eigenvalue weighted by atomic mass is 9.88. The summed E-state index contributed by atoms with van der Waals surface area (Å²) in [5.41, 5.74) is 0. The van der Waals surface area contributed by atoms with E-state index in [0.717, 1.165) is 31.3 Å². The van der Waals surface area contributed by atoms with Crippen LogP contribution in [0, 0.1) is 11.8 Å². The van der Waals surface area contributed by atoms with Gasteiger partial charge in [-0.25, -0.2) is 0 Å². The molecule has 0 saturated heterocycles. The van der Waals surface area contributed by atoms with E-state index in [1.165, 1.54) is 37.3 Å². The minimum atomic E-state index is 0.415. The van der Waals surface area contributed by atoms with Crippen LogP contribution in [0.2, 0.25) is 0 Å². The third-order valence-corrected chi connectivity index (χ3v) is 5.32. The first-order valence-corrected chi connectivity index (χ1v) is 7.53. The molecule has 1 aromatic heterocycles. The molecule has 1 aliphatic heterocycles. The number of nitrogens with one attached hydrogen (secondary N) is 1. The summed E-state index contributed by atoms with van der Waals surface area (Å²) in [4.78, 5) is 0. The van der Waals surface area contributed by atoms with Gasteiger partial charge in [0.15, 0.2) is 0 Å². The highest BCUT2D eigenvalue weighted by Crippen LogP contribution is 2.52. The number of nitrogens with zero attached hydrogens (tertiary/aromatic N) is 3. The summed E-state index contributed by atoms with van der Waals surface area (Å²) < 4.78 is 2.43. The van der Waals surface area contributed by atoms with Crippen LogP contribution >= 0.6 is 0 Å². The lowest BCUT2D eigenvalue weighted by Gasteiger charge is -2.27. The van der Waals surface area contributed by atoms with Crippen molar-refractivity contribution in [2.45, 2.75) is 57.5 Å². The van der Waals surface area contributed by atoms with Crippen LogP contribution in [0.15, 0.2) is 0 Å². The van der Waals surface area contributed by atoms with Gasteiger partial charge in [0.05, 0.1) is 6.04 Å². The smallest absolute Gasteiger partial charge is 0.150 e. The molecule has 0 aromatic carbocycles. The Kier molecular flexibility index (Phi) is 2.47. The van der Waals surface area contributed by atoms with Crippen LogP contribution in [0.1, 0.15) is 62.6 Å². The summed E-state index contributed by atoms with van der Waals surface area (Å²) in [7, 11) is 0. The zero-order valence-electron chi connectivity index (χ0n) is 11.1. The number of rotatable bonds is 2. The Hall–Kier alpha value is -0.900. The monoisotopic (exact) mass is 246 g/mol. The predicted octanol–water partition coefficient (Wildman–Crippen LogP) is 2.24.